The van der Waals surface area contributed by atoms with Gasteiger partial charge in [-0.05, 0) is 36.8 Å². The molecule has 2 N–H and O–H groups in total. The van der Waals surface area contributed by atoms with Gasteiger partial charge in [-0.3, -0.25) is 0 Å². The second kappa shape index (κ2) is 6.79. The monoisotopic (exact) mass is 380 g/mol. The van der Waals surface area contributed by atoms with Gasteiger partial charge in [-0.1, -0.05) is 12.2 Å². The van der Waals surface area contributed by atoms with E-state index in [1.807, 2.05) is 6.26 Å². The first-order valence-corrected chi connectivity index (χ1v) is 9.83. The Morgan fingerprint density at radius 3 is 2.96 bits per heavy atom. The van der Waals surface area contributed by atoms with Crippen molar-refractivity contribution in [2.45, 2.75) is 23.8 Å². The summed E-state index contributed by atoms with van der Waals surface area (Å²) in [6.45, 7) is 0. The first-order valence-electron chi connectivity index (χ1n) is 7.26. The van der Waals surface area contributed by atoms with Gasteiger partial charge in [0.1, 0.15) is 0 Å². The van der Waals surface area contributed by atoms with Gasteiger partial charge in [0.2, 0.25) is 0 Å². The molecule has 0 spiro atoms. The van der Waals surface area contributed by atoms with E-state index in [1.54, 1.807) is 29.4 Å². The van der Waals surface area contributed by atoms with Crippen LogP contribution in [0.2, 0.25) is 0 Å². The van der Waals surface area contributed by atoms with Crippen LogP contribution in [0.3, 0.4) is 0 Å². The molecule has 0 saturated heterocycles. The number of aliphatic hydroxyl groups is 1. The van der Waals surface area contributed by atoms with Crippen molar-refractivity contribution in [3.63, 3.8) is 0 Å². The quantitative estimate of drug-likeness (QED) is 0.750. The van der Waals surface area contributed by atoms with E-state index in [0.717, 1.165) is 15.3 Å². The van der Waals surface area contributed by atoms with E-state index < -0.39 is 11.7 Å². The number of aliphatic carboxylic acids is 1. The van der Waals surface area contributed by atoms with Crippen LogP contribution in [0.1, 0.15) is 27.0 Å². The minimum Gasteiger partial charge on any atom is -0.478 e. The molecule has 2 unspecified atom stereocenters. The molecule has 1 aliphatic carbocycles. The number of imidazole rings is 1. The molecule has 0 aromatic carbocycles. The van der Waals surface area contributed by atoms with Crippen LogP contribution in [0, 0.1) is 0 Å². The second-order valence-electron chi connectivity index (χ2n) is 5.50. The van der Waals surface area contributed by atoms with E-state index in [4.69, 9.17) is 12.2 Å². The zero-order valence-corrected chi connectivity index (χ0v) is 15.3. The lowest BCUT2D eigenvalue weighted by Crippen LogP contribution is -2.38. The maximum Gasteiger partial charge on any atom is 0.331 e. The highest BCUT2D eigenvalue weighted by molar-refractivity contribution is 7.99. The summed E-state index contributed by atoms with van der Waals surface area (Å²) < 4.78 is 1.60. The van der Waals surface area contributed by atoms with Crippen molar-refractivity contribution >= 4 is 52.7 Å². The standard InChI is InChI=1S/C16H16N2O3S3/c1-23-14(16(21,8-22)18-5-4-17-9-18)13-6-10-2-3-11(15(19)20)7-12(10)24-13/h4-9,14,21H,2-3H2,1H3,(H,19,20). The summed E-state index contributed by atoms with van der Waals surface area (Å²) in [6, 6.07) is 2.05. The molecule has 0 saturated carbocycles. The zero-order valence-electron chi connectivity index (χ0n) is 12.9. The molecule has 0 radical (unpaired) electrons. The Morgan fingerprint density at radius 1 is 1.58 bits per heavy atom. The largest absolute Gasteiger partial charge is 0.478 e. The molecule has 3 rings (SSSR count). The van der Waals surface area contributed by atoms with E-state index in [9.17, 15) is 15.0 Å². The average molecular weight is 381 g/mol. The molecule has 126 valence electrons. The summed E-state index contributed by atoms with van der Waals surface area (Å²) in [7, 11) is 0. The number of nitrogens with zero attached hydrogens (tertiary/aromatic N) is 2. The maximum absolute atomic E-state index is 11.2. The topological polar surface area (TPSA) is 75.3 Å². The Bertz CT molecular complexity index is 798. The zero-order chi connectivity index (χ0) is 17.3. The number of rotatable bonds is 6. The minimum atomic E-state index is -1.38. The van der Waals surface area contributed by atoms with Crippen LogP contribution in [-0.4, -0.2) is 37.4 Å². The van der Waals surface area contributed by atoms with E-state index in [1.165, 1.54) is 28.5 Å². The number of hydrogen-bond acceptors (Lipinski definition) is 6. The number of hydrogen-bond donors (Lipinski definition) is 2. The summed E-state index contributed by atoms with van der Waals surface area (Å²) in [4.78, 5) is 17.1. The first kappa shape index (κ1) is 17.3. The predicted octanol–water partition coefficient (Wildman–Crippen LogP) is 3.11. The molecular weight excluding hydrogens is 364 g/mol. The van der Waals surface area contributed by atoms with Crippen molar-refractivity contribution in [2.75, 3.05) is 6.26 Å². The van der Waals surface area contributed by atoms with Gasteiger partial charge >= 0.3 is 5.97 Å². The van der Waals surface area contributed by atoms with Gasteiger partial charge in [-0.15, -0.1) is 11.3 Å². The van der Waals surface area contributed by atoms with Crippen molar-refractivity contribution in [1.82, 2.24) is 9.55 Å². The molecule has 1 aliphatic rings. The predicted molar refractivity (Wildman–Crippen MR) is 101 cm³/mol. The van der Waals surface area contributed by atoms with Gasteiger partial charge in [-0.2, -0.15) is 11.8 Å². The third kappa shape index (κ3) is 2.95. The number of carbonyl (C=O) groups is 1. The van der Waals surface area contributed by atoms with Crippen molar-refractivity contribution in [1.29, 1.82) is 0 Å². The Labute approximate surface area is 153 Å². The van der Waals surface area contributed by atoms with Crippen molar-refractivity contribution < 1.29 is 15.0 Å². The number of thiocarbonyl (C=S) groups is 1. The first-order chi connectivity index (χ1) is 11.5. The minimum absolute atomic E-state index is 0.304. The molecule has 2 aromatic rings. The normalized spacial score (nSPS) is 17.5. The fourth-order valence-corrected chi connectivity index (χ4v) is 5.65. The summed E-state index contributed by atoms with van der Waals surface area (Å²) in [5.74, 6) is -0.870. The van der Waals surface area contributed by atoms with E-state index in [0.29, 0.717) is 18.4 Å². The summed E-state index contributed by atoms with van der Waals surface area (Å²) in [5.41, 5.74) is 0.172. The lowest BCUT2D eigenvalue weighted by molar-refractivity contribution is -0.132. The molecule has 0 bridgehead atoms. The number of aryl methyl sites for hydroxylation is 1. The molecule has 24 heavy (non-hydrogen) atoms. The molecule has 0 aliphatic heterocycles. The third-order valence-corrected chi connectivity index (χ3v) is 6.83. The molecule has 2 heterocycles. The van der Waals surface area contributed by atoms with Gasteiger partial charge in [0, 0.05) is 33.1 Å². The maximum atomic E-state index is 11.2. The Kier molecular flexibility index (Phi) is 4.91. The van der Waals surface area contributed by atoms with Gasteiger partial charge in [0.25, 0.3) is 0 Å². The number of carboxylic acid groups (broad SMARTS) is 1. The Balaban J connectivity index is 2.01. The van der Waals surface area contributed by atoms with Gasteiger partial charge in [0.15, 0.2) is 5.72 Å². The van der Waals surface area contributed by atoms with Crippen molar-refractivity contribution in [2.24, 2.45) is 0 Å². The highest BCUT2D eigenvalue weighted by Crippen LogP contribution is 2.45. The number of carboxylic acids is 1. The van der Waals surface area contributed by atoms with Gasteiger partial charge in [-0.25, -0.2) is 9.78 Å². The summed E-state index contributed by atoms with van der Waals surface area (Å²) in [5, 5.41) is 21.4. The molecule has 8 heteroatoms. The number of fused-ring (bicyclic) bond motifs is 1. The SMILES string of the molecule is CSC(c1cc2c(s1)C=C(C(=O)O)CC2)C(O)(C=S)n1ccnc1. The smallest absolute Gasteiger partial charge is 0.331 e. The molecule has 0 amide bonds. The van der Waals surface area contributed by atoms with E-state index in [2.05, 4.69) is 11.1 Å². The van der Waals surface area contributed by atoms with E-state index >= 15 is 0 Å². The highest BCUT2D eigenvalue weighted by atomic mass is 32.2. The van der Waals surface area contributed by atoms with Crippen LogP contribution >= 0.6 is 35.3 Å². The van der Waals surface area contributed by atoms with Crippen molar-refractivity contribution in [3.8, 4) is 0 Å². The van der Waals surface area contributed by atoms with Crippen LogP contribution in [0.15, 0.2) is 30.4 Å². The number of thioether (sulfide) groups is 1. The van der Waals surface area contributed by atoms with Gasteiger partial charge in [0.05, 0.1) is 11.6 Å². The van der Waals surface area contributed by atoms with Gasteiger partial charge < -0.3 is 14.8 Å². The number of thiophene rings is 1. The highest BCUT2D eigenvalue weighted by Gasteiger charge is 2.38. The number of aromatic nitrogens is 2. The molecule has 2 atom stereocenters. The van der Waals surface area contributed by atoms with Crippen LogP contribution in [0.5, 0.6) is 0 Å². The van der Waals surface area contributed by atoms with Crippen LogP contribution in [0.4, 0.5) is 0 Å². The molecular formula is C16H16N2O3S3. The lowest BCUT2D eigenvalue weighted by Gasteiger charge is -2.32. The lowest BCUT2D eigenvalue weighted by atomic mass is 9.97. The van der Waals surface area contributed by atoms with Crippen LogP contribution in [-0.2, 0) is 16.9 Å². The summed E-state index contributed by atoms with van der Waals surface area (Å²) >= 11 is 8.13. The molecule has 0 fully saturated rings. The van der Waals surface area contributed by atoms with Crippen LogP contribution < -0.4 is 0 Å². The van der Waals surface area contributed by atoms with Crippen molar-refractivity contribution in [3.05, 3.63) is 45.7 Å². The Hall–Kier alpha value is -1.48. The van der Waals surface area contributed by atoms with E-state index in [-0.39, 0.29) is 5.25 Å². The third-order valence-electron chi connectivity index (χ3n) is 4.08. The average Bonchev–Trinajstić information content (AvgIpc) is 3.24. The molecule has 5 nitrogen and oxygen atoms in total. The molecule has 2 aromatic heterocycles. The Morgan fingerprint density at radius 2 is 2.38 bits per heavy atom. The fourth-order valence-electron chi connectivity index (χ4n) is 2.81. The second-order valence-corrected chi connectivity index (χ2v) is 7.79. The summed E-state index contributed by atoms with van der Waals surface area (Å²) in [6.07, 6.45) is 9.71. The fraction of sp³-hybridized carbons (Fsp3) is 0.312. The van der Waals surface area contributed by atoms with Crippen LogP contribution in [0.25, 0.3) is 6.08 Å².